The van der Waals surface area contributed by atoms with Crippen LogP contribution in [0.3, 0.4) is 0 Å². The number of aromatic nitrogens is 2. The summed E-state index contributed by atoms with van der Waals surface area (Å²) in [5.41, 5.74) is 2.47. The van der Waals surface area contributed by atoms with E-state index in [1.807, 2.05) is 23.1 Å². The minimum absolute atomic E-state index is 0. The van der Waals surface area contributed by atoms with E-state index in [4.69, 9.17) is 9.73 Å². The van der Waals surface area contributed by atoms with Gasteiger partial charge in [-0.15, -0.1) is 24.0 Å². The Morgan fingerprint density at radius 3 is 2.55 bits per heavy atom. The number of nitrogens with zero attached hydrogens (tertiary/aromatic N) is 4. The molecule has 3 rings (SSSR count). The highest BCUT2D eigenvalue weighted by Crippen LogP contribution is 2.12. The third-order valence-electron chi connectivity index (χ3n) is 5.20. The van der Waals surface area contributed by atoms with Crippen LogP contribution in [0, 0.1) is 0 Å². The molecule has 172 valence electrons. The van der Waals surface area contributed by atoms with Gasteiger partial charge in [-0.1, -0.05) is 24.3 Å². The Kier molecular flexibility index (Phi) is 11.3. The van der Waals surface area contributed by atoms with E-state index in [2.05, 4.69) is 65.7 Å². The highest BCUT2D eigenvalue weighted by Gasteiger charge is 2.21. The Morgan fingerprint density at radius 2 is 1.87 bits per heavy atom. The van der Waals surface area contributed by atoms with Crippen molar-refractivity contribution < 1.29 is 4.74 Å². The van der Waals surface area contributed by atoms with E-state index in [1.165, 1.54) is 11.1 Å². The van der Waals surface area contributed by atoms with Gasteiger partial charge in [0.25, 0.3) is 0 Å². The van der Waals surface area contributed by atoms with Gasteiger partial charge >= 0.3 is 0 Å². The van der Waals surface area contributed by atoms with Gasteiger partial charge in [-0.2, -0.15) is 5.10 Å². The largest absolute Gasteiger partial charge is 0.373 e. The molecule has 2 atom stereocenters. The van der Waals surface area contributed by atoms with E-state index in [0.29, 0.717) is 18.8 Å². The molecule has 31 heavy (non-hydrogen) atoms. The lowest BCUT2D eigenvalue weighted by Gasteiger charge is -2.35. The molecule has 1 saturated heterocycles. The lowest BCUT2D eigenvalue weighted by molar-refractivity contribution is -0.0679. The average Bonchev–Trinajstić information content (AvgIpc) is 3.22. The van der Waals surface area contributed by atoms with Gasteiger partial charge in [-0.05, 0) is 44.4 Å². The number of hydrogen-bond acceptors (Lipinski definition) is 4. The first-order chi connectivity index (χ1) is 14.6. The summed E-state index contributed by atoms with van der Waals surface area (Å²) in [5.74, 6) is 0.870. The first-order valence-electron chi connectivity index (χ1n) is 11.1. The average molecular weight is 540 g/mol. The van der Waals surface area contributed by atoms with Crippen molar-refractivity contribution in [1.82, 2.24) is 25.3 Å². The van der Waals surface area contributed by atoms with E-state index in [0.717, 1.165) is 51.6 Å². The first kappa shape index (κ1) is 25.6. The summed E-state index contributed by atoms with van der Waals surface area (Å²) in [6.07, 6.45) is 5.53. The van der Waals surface area contributed by atoms with E-state index in [-0.39, 0.29) is 24.0 Å². The van der Waals surface area contributed by atoms with Crippen molar-refractivity contribution in [3.05, 3.63) is 53.9 Å². The second-order valence-corrected chi connectivity index (χ2v) is 7.96. The van der Waals surface area contributed by atoms with Crippen LogP contribution in [0.4, 0.5) is 0 Å². The number of halogens is 1. The fraction of sp³-hybridized carbons (Fsp3) is 0.565. The number of nitrogens with one attached hydrogen (secondary N) is 2. The van der Waals surface area contributed by atoms with Crippen molar-refractivity contribution >= 4 is 29.9 Å². The van der Waals surface area contributed by atoms with Gasteiger partial charge in [0.2, 0.25) is 0 Å². The molecule has 1 aliphatic heterocycles. The minimum atomic E-state index is 0. The predicted octanol–water partition coefficient (Wildman–Crippen LogP) is 3.10. The summed E-state index contributed by atoms with van der Waals surface area (Å²) < 4.78 is 7.76. The first-order valence-corrected chi connectivity index (χ1v) is 11.1. The van der Waals surface area contributed by atoms with Gasteiger partial charge in [-0.25, -0.2) is 4.99 Å². The van der Waals surface area contributed by atoms with Gasteiger partial charge in [0.05, 0.1) is 25.3 Å². The summed E-state index contributed by atoms with van der Waals surface area (Å²) in [6.45, 7) is 12.7. The fourth-order valence-corrected chi connectivity index (χ4v) is 3.92. The molecule has 1 fully saturated rings. The van der Waals surface area contributed by atoms with Crippen molar-refractivity contribution in [2.45, 2.75) is 52.5 Å². The van der Waals surface area contributed by atoms with Crippen molar-refractivity contribution in [1.29, 1.82) is 0 Å². The predicted molar refractivity (Wildman–Crippen MR) is 137 cm³/mol. The van der Waals surface area contributed by atoms with Crippen LogP contribution in [0.5, 0.6) is 0 Å². The van der Waals surface area contributed by atoms with Crippen LogP contribution in [0.2, 0.25) is 0 Å². The molecule has 1 aliphatic rings. The van der Waals surface area contributed by atoms with Crippen LogP contribution in [0.25, 0.3) is 0 Å². The third kappa shape index (κ3) is 8.78. The number of ether oxygens (including phenoxy) is 1. The molecule has 0 spiro atoms. The zero-order valence-corrected chi connectivity index (χ0v) is 21.3. The molecule has 2 aromatic rings. The highest BCUT2D eigenvalue weighted by molar-refractivity contribution is 14.0. The van der Waals surface area contributed by atoms with Crippen LogP contribution < -0.4 is 10.6 Å². The molecule has 2 heterocycles. The number of morpholine rings is 1. The topological polar surface area (TPSA) is 66.7 Å². The minimum Gasteiger partial charge on any atom is -0.373 e. The lowest BCUT2D eigenvalue weighted by Crippen LogP contribution is -2.46. The van der Waals surface area contributed by atoms with Crippen LogP contribution in [-0.2, 0) is 17.8 Å². The Balaban J connectivity index is 0.00000341. The summed E-state index contributed by atoms with van der Waals surface area (Å²) in [6, 6.07) is 10.4. The molecule has 1 aromatic carbocycles. The standard InChI is InChI=1S/C23H36N6O.HI/c1-4-24-23(25-11-7-13-28-16-19(2)30-20(3)17-28)26-15-21-9-5-6-10-22(21)18-29-14-8-12-27-29;/h5-6,8-10,12,14,19-20H,4,7,11,13,15-18H2,1-3H3,(H2,24,25,26);1H. The van der Waals surface area contributed by atoms with Crippen LogP contribution in [0.15, 0.2) is 47.7 Å². The molecule has 0 amide bonds. The maximum absolute atomic E-state index is 5.82. The quantitative estimate of drug-likeness (QED) is 0.222. The van der Waals surface area contributed by atoms with Crippen molar-refractivity contribution in [2.75, 3.05) is 32.7 Å². The number of aliphatic imine (C=N–C) groups is 1. The molecule has 1 aromatic heterocycles. The summed E-state index contributed by atoms with van der Waals surface area (Å²) in [5, 5.41) is 11.2. The number of guanidine groups is 1. The molecule has 0 aliphatic carbocycles. The smallest absolute Gasteiger partial charge is 0.191 e. The van der Waals surface area contributed by atoms with Gasteiger partial charge in [0, 0.05) is 45.1 Å². The van der Waals surface area contributed by atoms with Crippen molar-refractivity contribution in [3.63, 3.8) is 0 Å². The Bertz CT molecular complexity index is 772. The molecule has 2 unspecified atom stereocenters. The van der Waals surface area contributed by atoms with Crippen LogP contribution >= 0.6 is 24.0 Å². The van der Waals surface area contributed by atoms with Crippen LogP contribution in [-0.4, -0.2) is 65.6 Å². The Morgan fingerprint density at radius 1 is 1.13 bits per heavy atom. The maximum atomic E-state index is 5.82. The van der Waals surface area contributed by atoms with Gasteiger partial charge in [0.15, 0.2) is 5.96 Å². The SMILES string of the molecule is CCNC(=NCc1ccccc1Cn1cccn1)NCCCN1CC(C)OC(C)C1.I. The van der Waals surface area contributed by atoms with Gasteiger partial charge < -0.3 is 15.4 Å². The zero-order valence-electron chi connectivity index (χ0n) is 19.0. The van der Waals surface area contributed by atoms with Crippen LogP contribution in [0.1, 0.15) is 38.3 Å². The Hall–Kier alpha value is -1.65. The summed E-state index contributed by atoms with van der Waals surface area (Å²) >= 11 is 0. The van der Waals surface area contributed by atoms with Crippen molar-refractivity contribution in [2.24, 2.45) is 4.99 Å². The molecule has 0 saturated carbocycles. The molecular weight excluding hydrogens is 503 g/mol. The molecular formula is C23H37IN6O. The van der Waals surface area contributed by atoms with Gasteiger partial charge in [0.1, 0.15) is 0 Å². The number of rotatable bonds is 9. The highest BCUT2D eigenvalue weighted by atomic mass is 127. The normalized spacial score (nSPS) is 19.6. The number of benzene rings is 1. The fourth-order valence-electron chi connectivity index (χ4n) is 3.92. The molecule has 0 radical (unpaired) electrons. The second-order valence-electron chi connectivity index (χ2n) is 7.96. The summed E-state index contributed by atoms with van der Waals surface area (Å²) in [7, 11) is 0. The number of hydrogen-bond donors (Lipinski definition) is 2. The van der Waals surface area contributed by atoms with E-state index < -0.39 is 0 Å². The summed E-state index contributed by atoms with van der Waals surface area (Å²) in [4.78, 5) is 7.31. The molecule has 2 N–H and O–H groups in total. The third-order valence-corrected chi connectivity index (χ3v) is 5.20. The Labute approximate surface area is 203 Å². The van der Waals surface area contributed by atoms with E-state index in [9.17, 15) is 0 Å². The molecule has 8 heteroatoms. The van der Waals surface area contributed by atoms with E-state index in [1.54, 1.807) is 0 Å². The molecule has 7 nitrogen and oxygen atoms in total. The van der Waals surface area contributed by atoms with Gasteiger partial charge in [-0.3, -0.25) is 9.58 Å². The zero-order chi connectivity index (χ0) is 21.2. The maximum Gasteiger partial charge on any atom is 0.191 e. The lowest BCUT2D eigenvalue weighted by atomic mass is 10.1. The second kappa shape index (κ2) is 13.7. The van der Waals surface area contributed by atoms with E-state index >= 15 is 0 Å². The van der Waals surface area contributed by atoms with Crippen molar-refractivity contribution in [3.8, 4) is 0 Å². The monoisotopic (exact) mass is 540 g/mol. The molecule has 0 bridgehead atoms.